The van der Waals surface area contributed by atoms with E-state index >= 15 is 0 Å². The summed E-state index contributed by atoms with van der Waals surface area (Å²) in [5.41, 5.74) is 0. The van der Waals surface area contributed by atoms with Crippen molar-refractivity contribution in [3.8, 4) is 0 Å². The smallest absolute Gasteiger partial charge is 1.00 e. The van der Waals surface area contributed by atoms with Crippen molar-refractivity contribution < 1.29 is 48.2 Å². The average molecular weight is 61.8 g/mol. The SMILES string of the molecule is [Li+].[Li+].[LiH].[LiH].[O-][O-]. The molecule has 0 atom stereocenters. The summed E-state index contributed by atoms with van der Waals surface area (Å²) in [6, 6.07) is 0. The fraction of sp³-hybridized carbons (Fsp3) is 0. The van der Waals surface area contributed by atoms with E-state index in [1.807, 2.05) is 0 Å². The van der Waals surface area contributed by atoms with Crippen molar-refractivity contribution in [3.05, 3.63) is 0 Å². The van der Waals surface area contributed by atoms with Gasteiger partial charge in [-0.1, -0.05) is 0 Å². The quantitative estimate of drug-likeness (QED) is 0.159. The Labute approximate surface area is 85.1 Å². The van der Waals surface area contributed by atoms with Gasteiger partial charge >= 0.3 is 75.4 Å². The van der Waals surface area contributed by atoms with Crippen molar-refractivity contribution in [2.75, 3.05) is 0 Å². The first-order valence-electron chi connectivity index (χ1n) is 0.167. The minimum atomic E-state index is 0. The molecule has 0 bridgehead atoms. The van der Waals surface area contributed by atoms with Gasteiger partial charge in [0.15, 0.2) is 0 Å². The summed E-state index contributed by atoms with van der Waals surface area (Å²) in [7, 11) is 0. The fourth-order valence-electron chi connectivity index (χ4n) is 0. The van der Waals surface area contributed by atoms with Crippen LogP contribution in [0.5, 0.6) is 0 Å². The minimum Gasteiger partial charge on any atom is -1.00 e. The second kappa shape index (κ2) is 54.6. The van der Waals surface area contributed by atoms with E-state index in [0.717, 1.165) is 0 Å². The van der Waals surface area contributed by atoms with Crippen LogP contribution >= 0.6 is 0 Å². The third kappa shape index (κ3) is 33.3. The Morgan fingerprint density at radius 3 is 0.667 bits per heavy atom. The van der Waals surface area contributed by atoms with Crippen molar-refractivity contribution in [1.82, 2.24) is 0 Å². The molecular weight excluding hydrogens is 59.8 g/mol. The van der Waals surface area contributed by atoms with Crippen LogP contribution in [0.15, 0.2) is 0 Å². The third-order valence-corrected chi connectivity index (χ3v) is 0. The molecule has 6 heavy (non-hydrogen) atoms. The number of hydrogen-bond acceptors (Lipinski definition) is 2. The molecule has 0 aromatic carbocycles. The predicted octanol–water partition coefficient (Wildman–Crippen LogP) is -9.67. The molecule has 0 amide bonds. The molecule has 0 aromatic heterocycles. The number of hydrogen-bond donors (Lipinski definition) is 0. The van der Waals surface area contributed by atoms with E-state index in [1.165, 1.54) is 0 Å². The first kappa shape index (κ1) is 40.5. The predicted molar refractivity (Wildman–Crippen MR) is 14.3 cm³/mol. The molecule has 0 aliphatic heterocycles. The fourth-order valence-corrected chi connectivity index (χ4v) is 0. The normalized spacial score (nSPS) is 1.00. The number of rotatable bonds is 0. The van der Waals surface area contributed by atoms with E-state index in [4.69, 9.17) is 10.5 Å². The van der Waals surface area contributed by atoms with Crippen LogP contribution in [0.1, 0.15) is 0 Å². The summed E-state index contributed by atoms with van der Waals surface area (Å²) in [6.07, 6.45) is 0. The molecule has 0 radical (unpaired) electrons. The second-order valence-corrected chi connectivity index (χ2v) is 0. The molecule has 0 saturated carbocycles. The first-order valence-corrected chi connectivity index (χ1v) is 0.167. The van der Waals surface area contributed by atoms with Gasteiger partial charge in [-0.05, 0) is 0 Å². The first-order chi connectivity index (χ1) is 1.00. The summed E-state index contributed by atoms with van der Waals surface area (Å²) in [5, 5.41) is 14.0. The van der Waals surface area contributed by atoms with Gasteiger partial charge in [-0.3, -0.25) is 0 Å². The summed E-state index contributed by atoms with van der Waals surface area (Å²) in [4.78, 5) is 0. The summed E-state index contributed by atoms with van der Waals surface area (Å²) < 4.78 is 0. The van der Waals surface area contributed by atoms with Gasteiger partial charge in [0.2, 0.25) is 0 Å². The minimum absolute atomic E-state index is 0. The van der Waals surface area contributed by atoms with E-state index in [0.29, 0.717) is 0 Å². The monoisotopic (exact) mass is 62.1 g/mol. The van der Waals surface area contributed by atoms with Crippen molar-refractivity contribution in [1.29, 1.82) is 0 Å². The van der Waals surface area contributed by atoms with E-state index in [1.54, 1.807) is 0 Å². The van der Waals surface area contributed by atoms with Crippen LogP contribution < -0.4 is 48.2 Å². The van der Waals surface area contributed by atoms with Gasteiger partial charge in [-0.2, -0.15) is 0 Å². The molecule has 0 aliphatic carbocycles. The Hall–Kier alpha value is 2.31. The average Bonchev–Trinajstić information content (AvgIpc) is 1.00. The van der Waals surface area contributed by atoms with Crippen molar-refractivity contribution in [3.63, 3.8) is 0 Å². The molecule has 0 unspecified atom stereocenters. The molecule has 6 heteroatoms. The zero-order chi connectivity index (χ0) is 2.00. The Kier molecular flexibility index (Phi) is 369. The van der Waals surface area contributed by atoms with Gasteiger partial charge < -0.3 is 10.5 Å². The maximum Gasteiger partial charge on any atom is -1.00 e. The van der Waals surface area contributed by atoms with Gasteiger partial charge in [-0.25, -0.2) is 0 Å². The molecule has 0 heterocycles. The van der Waals surface area contributed by atoms with E-state index in [2.05, 4.69) is 0 Å². The van der Waals surface area contributed by atoms with Crippen LogP contribution in [-0.2, 0) is 0 Å². The Bertz CT molecular complexity index is 5.51. The summed E-state index contributed by atoms with van der Waals surface area (Å²) in [5.74, 6) is 0. The van der Waals surface area contributed by atoms with Crippen LogP contribution in [0, 0.1) is 0 Å². The largest absolute Gasteiger partial charge is 1.00 e. The van der Waals surface area contributed by atoms with Crippen molar-refractivity contribution in [2.45, 2.75) is 0 Å². The summed E-state index contributed by atoms with van der Waals surface area (Å²) in [6.45, 7) is 0. The van der Waals surface area contributed by atoms with Gasteiger partial charge in [-0.15, -0.1) is 0 Å². The molecule has 0 rings (SSSR count). The van der Waals surface area contributed by atoms with Gasteiger partial charge in [0.25, 0.3) is 0 Å². The zero-order valence-corrected chi connectivity index (χ0v) is 2.82. The molecule has 0 aromatic rings. The van der Waals surface area contributed by atoms with Crippen LogP contribution in [0.25, 0.3) is 0 Å². The molecule has 0 fully saturated rings. The maximum absolute atomic E-state index is 7.00. The van der Waals surface area contributed by atoms with E-state index in [9.17, 15) is 0 Å². The molecule has 18 valence electrons. The molecule has 0 saturated heterocycles. The van der Waals surface area contributed by atoms with Gasteiger partial charge in [0.05, 0.1) is 0 Å². The summed E-state index contributed by atoms with van der Waals surface area (Å²) >= 11 is 0. The molecule has 0 spiro atoms. The topological polar surface area (TPSA) is 46.1 Å². The molecule has 0 aliphatic rings. The van der Waals surface area contributed by atoms with E-state index in [-0.39, 0.29) is 75.4 Å². The van der Waals surface area contributed by atoms with Crippen LogP contribution in [0.4, 0.5) is 0 Å². The van der Waals surface area contributed by atoms with Crippen LogP contribution in [-0.4, -0.2) is 37.7 Å². The van der Waals surface area contributed by atoms with Crippen molar-refractivity contribution in [2.24, 2.45) is 0 Å². The zero-order valence-electron chi connectivity index (χ0n) is 2.82. The molecular formula is H2Li4O2. The van der Waals surface area contributed by atoms with Crippen LogP contribution in [0.2, 0.25) is 0 Å². The van der Waals surface area contributed by atoms with E-state index < -0.39 is 0 Å². The maximum atomic E-state index is 7.00. The Morgan fingerprint density at radius 2 is 0.667 bits per heavy atom. The Morgan fingerprint density at radius 1 is 0.667 bits per heavy atom. The van der Waals surface area contributed by atoms with Crippen molar-refractivity contribution >= 4 is 37.7 Å². The van der Waals surface area contributed by atoms with Crippen LogP contribution in [0.3, 0.4) is 0 Å². The Balaban J connectivity index is -0.000000000833. The second-order valence-electron chi connectivity index (χ2n) is 0. The van der Waals surface area contributed by atoms with Gasteiger partial charge in [0.1, 0.15) is 0 Å². The standard InChI is InChI=1S/4Li.O2.2H/c;;;;1-2;;/q;;2*+1;-2;;. The molecule has 2 nitrogen and oxygen atoms in total. The third-order valence-electron chi connectivity index (χ3n) is 0. The van der Waals surface area contributed by atoms with Gasteiger partial charge in [0, 0.05) is 0 Å². The molecule has 0 N–H and O–H groups in total.